The number of hydrogen-bond acceptors (Lipinski definition) is 5. The monoisotopic (exact) mass is 391 g/mol. The Hall–Kier alpha value is -2.44. The van der Waals surface area contributed by atoms with Crippen LogP contribution in [0.15, 0.2) is 30.7 Å². The van der Waals surface area contributed by atoms with Crippen LogP contribution in [0.3, 0.4) is 0 Å². The number of benzene rings is 1. The average Bonchev–Trinajstić information content (AvgIpc) is 2.96. The van der Waals surface area contributed by atoms with Gasteiger partial charge in [0.2, 0.25) is 0 Å². The quantitative estimate of drug-likeness (QED) is 0.481. The van der Waals surface area contributed by atoms with Crippen LogP contribution < -0.4 is 0 Å². The molecule has 0 aliphatic rings. The van der Waals surface area contributed by atoms with Crippen LogP contribution in [0, 0.1) is 0 Å². The van der Waals surface area contributed by atoms with Gasteiger partial charge in [-0.05, 0) is 13.0 Å². The van der Waals surface area contributed by atoms with E-state index in [4.69, 9.17) is 27.9 Å². The number of nitrogens with zero attached hydrogens (tertiary/aromatic N) is 3. The minimum Gasteiger partial charge on any atom is -0.465 e. The number of hydrogen-bond donors (Lipinski definition) is 0. The molecule has 0 bridgehead atoms. The molecule has 0 N–H and O–H groups in total. The van der Waals surface area contributed by atoms with E-state index in [1.807, 2.05) is 0 Å². The lowest BCUT2D eigenvalue weighted by Gasteiger charge is -2.05. The summed E-state index contributed by atoms with van der Waals surface area (Å²) in [7, 11) is 0. The van der Waals surface area contributed by atoms with E-state index in [1.54, 1.807) is 35.9 Å². The van der Waals surface area contributed by atoms with Gasteiger partial charge in [0.25, 0.3) is 0 Å². The second-order valence-electron chi connectivity index (χ2n) is 5.55. The third-order valence-corrected chi connectivity index (χ3v) is 4.65. The predicted molar refractivity (Wildman–Crippen MR) is 99.6 cm³/mol. The normalized spacial score (nSPS) is 10.9. The van der Waals surface area contributed by atoms with E-state index in [-0.39, 0.29) is 24.6 Å². The van der Waals surface area contributed by atoms with E-state index in [2.05, 4.69) is 9.97 Å². The van der Waals surface area contributed by atoms with Gasteiger partial charge in [-0.25, -0.2) is 9.97 Å². The number of halogens is 2. The maximum absolute atomic E-state index is 12.1. The van der Waals surface area contributed by atoms with Gasteiger partial charge in [-0.15, -0.1) is 0 Å². The number of rotatable bonds is 5. The Kier molecular flexibility index (Phi) is 5.25. The maximum Gasteiger partial charge on any atom is 0.325 e. The Morgan fingerprint density at radius 3 is 2.65 bits per heavy atom. The van der Waals surface area contributed by atoms with Gasteiger partial charge in [0.05, 0.1) is 22.0 Å². The average molecular weight is 392 g/mol. The largest absolute Gasteiger partial charge is 0.465 e. The Labute approximate surface area is 159 Å². The molecule has 134 valence electrons. The molecule has 0 fully saturated rings. The van der Waals surface area contributed by atoms with E-state index in [0.717, 1.165) is 0 Å². The van der Waals surface area contributed by atoms with Gasteiger partial charge >= 0.3 is 5.97 Å². The first-order valence-electron chi connectivity index (χ1n) is 7.88. The summed E-state index contributed by atoms with van der Waals surface area (Å²) in [6.07, 6.45) is 3.00. The number of carbonyl (C=O) groups is 2. The van der Waals surface area contributed by atoms with Crippen LogP contribution in [0.2, 0.25) is 10.0 Å². The van der Waals surface area contributed by atoms with Crippen molar-refractivity contribution in [3.05, 3.63) is 46.5 Å². The minimum atomic E-state index is -0.406. The van der Waals surface area contributed by atoms with Crippen LogP contribution in [-0.4, -0.2) is 32.9 Å². The number of aromatic nitrogens is 3. The highest BCUT2D eigenvalue weighted by Crippen LogP contribution is 2.38. The number of Topliss-reactive ketones (excluding diaryl/α,β-unsaturated/α-hetero) is 1. The highest BCUT2D eigenvalue weighted by Gasteiger charge is 2.21. The van der Waals surface area contributed by atoms with Crippen LogP contribution in [0.5, 0.6) is 0 Å². The molecular formula is C18H15Cl2N3O3. The summed E-state index contributed by atoms with van der Waals surface area (Å²) >= 11 is 12.5. The first kappa shape index (κ1) is 18.4. The molecule has 0 atom stereocenters. The van der Waals surface area contributed by atoms with Gasteiger partial charge in [0.1, 0.15) is 24.2 Å². The Balaban J connectivity index is 2.29. The molecule has 26 heavy (non-hydrogen) atoms. The topological polar surface area (TPSA) is 74.1 Å². The summed E-state index contributed by atoms with van der Waals surface area (Å²) in [4.78, 5) is 32.4. The van der Waals surface area contributed by atoms with Crippen molar-refractivity contribution in [2.24, 2.45) is 0 Å². The maximum atomic E-state index is 12.1. The van der Waals surface area contributed by atoms with E-state index in [1.165, 1.54) is 13.3 Å². The Morgan fingerprint density at radius 1 is 1.19 bits per heavy atom. The van der Waals surface area contributed by atoms with Crippen LogP contribution in [0.4, 0.5) is 0 Å². The van der Waals surface area contributed by atoms with E-state index < -0.39 is 5.97 Å². The SMILES string of the molecule is CCOC(=O)Cn1cc(-c2cccc(Cl)c2Cl)c2c(C(C)=O)ncnc21. The third kappa shape index (κ3) is 3.30. The van der Waals surface area contributed by atoms with Crippen LogP contribution >= 0.6 is 23.2 Å². The molecule has 0 radical (unpaired) electrons. The molecule has 3 rings (SSSR count). The number of esters is 1. The summed E-state index contributed by atoms with van der Waals surface area (Å²) < 4.78 is 6.63. The molecule has 0 saturated carbocycles. The first-order valence-corrected chi connectivity index (χ1v) is 8.64. The van der Waals surface area contributed by atoms with Crippen LogP contribution in [-0.2, 0) is 16.1 Å². The molecule has 2 heterocycles. The number of ketones is 1. The van der Waals surface area contributed by atoms with Crippen molar-refractivity contribution in [3.63, 3.8) is 0 Å². The van der Waals surface area contributed by atoms with E-state index in [9.17, 15) is 9.59 Å². The van der Waals surface area contributed by atoms with Crippen molar-refractivity contribution in [1.82, 2.24) is 14.5 Å². The molecule has 0 aliphatic carbocycles. The smallest absolute Gasteiger partial charge is 0.325 e. The summed E-state index contributed by atoms with van der Waals surface area (Å²) in [6, 6.07) is 5.22. The first-order chi connectivity index (χ1) is 12.4. The second-order valence-corrected chi connectivity index (χ2v) is 6.34. The second kappa shape index (κ2) is 7.43. The summed E-state index contributed by atoms with van der Waals surface area (Å²) in [5, 5.41) is 1.26. The van der Waals surface area contributed by atoms with Crippen molar-refractivity contribution < 1.29 is 14.3 Å². The minimum absolute atomic E-state index is 0.0448. The van der Waals surface area contributed by atoms with Crippen molar-refractivity contribution in [2.45, 2.75) is 20.4 Å². The molecule has 2 aromatic heterocycles. The fourth-order valence-corrected chi connectivity index (χ4v) is 3.18. The van der Waals surface area contributed by atoms with Gasteiger partial charge in [-0.2, -0.15) is 0 Å². The lowest BCUT2D eigenvalue weighted by atomic mass is 10.0. The standard InChI is InChI=1S/C18H15Cl2N3O3/c1-3-26-14(25)8-23-7-12(11-5-4-6-13(19)16(11)20)15-17(10(2)24)21-9-22-18(15)23/h4-7,9H,3,8H2,1-2H3. The Morgan fingerprint density at radius 2 is 1.96 bits per heavy atom. The van der Waals surface area contributed by atoms with Gasteiger partial charge in [-0.1, -0.05) is 35.3 Å². The molecule has 3 aromatic rings. The van der Waals surface area contributed by atoms with Crippen molar-refractivity contribution >= 4 is 46.0 Å². The van der Waals surface area contributed by atoms with Crippen LogP contribution in [0.1, 0.15) is 24.3 Å². The zero-order valence-corrected chi connectivity index (χ0v) is 15.6. The zero-order chi connectivity index (χ0) is 18.8. The van der Waals surface area contributed by atoms with E-state index >= 15 is 0 Å². The Bertz CT molecular complexity index is 1010. The molecule has 0 amide bonds. The van der Waals surface area contributed by atoms with E-state index in [0.29, 0.717) is 32.2 Å². The van der Waals surface area contributed by atoms with Gasteiger partial charge in [0, 0.05) is 24.2 Å². The number of ether oxygens (including phenoxy) is 1. The van der Waals surface area contributed by atoms with Crippen molar-refractivity contribution in [3.8, 4) is 11.1 Å². The summed E-state index contributed by atoms with van der Waals surface area (Å²) in [5.41, 5.74) is 1.96. The van der Waals surface area contributed by atoms with Gasteiger partial charge in [-0.3, -0.25) is 9.59 Å². The fourth-order valence-electron chi connectivity index (χ4n) is 2.77. The van der Waals surface area contributed by atoms with Gasteiger partial charge < -0.3 is 9.30 Å². The highest BCUT2D eigenvalue weighted by molar-refractivity contribution is 6.44. The molecule has 0 aliphatic heterocycles. The molecule has 0 saturated heterocycles. The van der Waals surface area contributed by atoms with Crippen molar-refractivity contribution in [1.29, 1.82) is 0 Å². The third-order valence-electron chi connectivity index (χ3n) is 3.83. The number of fused-ring (bicyclic) bond motifs is 1. The van der Waals surface area contributed by atoms with Crippen molar-refractivity contribution in [2.75, 3.05) is 6.61 Å². The fraction of sp³-hybridized carbons (Fsp3) is 0.222. The molecule has 0 unspecified atom stereocenters. The molecule has 1 aromatic carbocycles. The summed E-state index contributed by atoms with van der Waals surface area (Å²) in [6.45, 7) is 3.39. The van der Waals surface area contributed by atoms with Gasteiger partial charge in [0.15, 0.2) is 5.78 Å². The summed E-state index contributed by atoms with van der Waals surface area (Å²) in [5.74, 6) is -0.623. The zero-order valence-electron chi connectivity index (χ0n) is 14.1. The number of carbonyl (C=O) groups excluding carboxylic acids is 2. The lowest BCUT2D eigenvalue weighted by molar-refractivity contribution is -0.143. The lowest BCUT2D eigenvalue weighted by Crippen LogP contribution is -2.13. The predicted octanol–water partition coefficient (Wildman–Crippen LogP) is 4.17. The molecular weight excluding hydrogens is 377 g/mol. The molecule has 0 spiro atoms. The molecule has 8 heteroatoms. The van der Waals surface area contributed by atoms with Crippen LogP contribution in [0.25, 0.3) is 22.2 Å². The highest BCUT2D eigenvalue weighted by atomic mass is 35.5. The molecule has 6 nitrogen and oxygen atoms in total.